The molecule has 1 amide bonds. The van der Waals surface area contributed by atoms with Gasteiger partial charge in [-0.1, -0.05) is 20.8 Å². The second kappa shape index (κ2) is 5.61. The lowest BCUT2D eigenvalue weighted by Gasteiger charge is -2.27. The van der Waals surface area contributed by atoms with Gasteiger partial charge in [-0.2, -0.15) is 0 Å². The maximum Gasteiger partial charge on any atom is 0.237 e. The fourth-order valence-electron chi connectivity index (χ4n) is 1.12. The first-order valence-electron chi connectivity index (χ1n) is 5.00. The van der Waals surface area contributed by atoms with Gasteiger partial charge in [0.15, 0.2) is 0 Å². The van der Waals surface area contributed by atoms with Gasteiger partial charge >= 0.3 is 0 Å². The molecule has 0 aliphatic heterocycles. The van der Waals surface area contributed by atoms with Gasteiger partial charge in [-0.25, -0.2) is 0 Å². The van der Waals surface area contributed by atoms with Crippen LogP contribution in [0.5, 0.6) is 0 Å². The van der Waals surface area contributed by atoms with Crippen LogP contribution in [0, 0.1) is 5.41 Å². The van der Waals surface area contributed by atoms with Crippen LogP contribution in [0.1, 0.15) is 27.7 Å². The van der Waals surface area contributed by atoms with Gasteiger partial charge in [0, 0.05) is 28.9 Å². The van der Waals surface area contributed by atoms with Gasteiger partial charge in [-0.3, -0.25) is 9.00 Å². The number of amides is 1. The summed E-state index contributed by atoms with van der Waals surface area (Å²) in [5, 5.41) is 2.76. The topological polar surface area (TPSA) is 72.2 Å². The van der Waals surface area contributed by atoms with Crippen LogP contribution in [0.4, 0.5) is 0 Å². The fraction of sp³-hybridized carbons (Fsp3) is 0.900. The van der Waals surface area contributed by atoms with Gasteiger partial charge < -0.3 is 11.1 Å². The molecule has 0 radical (unpaired) electrons. The Bertz CT molecular complexity index is 248. The van der Waals surface area contributed by atoms with Crippen molar-refractivity contribution in [1.29, 1.82) is 0 Å². The molecule has 0 aromatic heterocycles. The van der Waals surface area contributed by atoms with Gasteiger partial charge in [-0.15, -0.1) is 0 Å². The smallest absolute Gasteiger partial charge is 0.237 e. The highest BCUT2D eigenvalue weighted by atomic mass is 32.2. The minimum absolute atomic E-state index is 0.100. The average Bonchev–Trinajstić information content (AvgIpc) is 1.99. The number of hydrogen-bond acceptors (Lipinski definition) is 3. The summed E-state index contributed by atoms with van der Waals surface area (Å²) in [5.41, 5.74) is 5.53. The molecule has 15 heavy (non-hydrogen) atoms. The molecule has 0 bridgehead atoms. The van der Waals surface area contributed by atoms with Crippen molar-refractivity contribution in [2.24, 2.45) is 11.1 Å². The van der Waals surface area contributed by atoms with E-state index in [4.69, 9.17) is 5.73 Å². The van der Waals surface area contributed by atoms with Crippen molar-refractivity contribution in [2.75, 3.05) is 12.0 Å². The Morgan fingerprint density at radius 1 is 1.47 bits per heavy atom. The third-order valence-electron chi connectivity index (χ3n) is 2.09. The van der Waals surface area contributed by atoms with E-state index >= 15 is 0 Å². The number of hydrogen-bond donors (Lipinski definition) is 2. The van der Waals surface area contributed by atoms with E-state index in [1.165, 1.54) is 0 Å². The summed E-state index contributed by atoms with van der Waals surface area (Å²) in [6.07, 6.45) is 1.62. The van der Waals surface area contributed by atoms with Crippen molar-refractivity contribution in [3.63, 3.8) is 0 Å². The van der Waals surface area contributed by atoms with Gasteiger partial charge in [0.2, 0.25) is 5.91 Å². The highest BCUT2D eigenvalue weighted by Gasteiger charge is 2.28. The van der Waals surface area contributed by atoms with Crippen molar-refractivity contribution in [2.45, 2.75) is 39.8 Å². The summed E-state index contributed by atoms with van der Waals surface area (Å²) in [4.78, 5) is 11.6. The van der Waals surface area contributed by atoms with E-state index in [2.05, 4.69) is 5.32 Å². The molecule has 0 aliphatic rings. The second-order valence-electron chi connectivity index (χ2n) is 4.99. The monoisotopic (exact) mass is 234 g/mol. The van der Waals surface area contributed by atoms with E-state index in [1.807, 2.05) is 27.7 Å². The fourth-order valence-corrected chi connectivity index (χ4v) is 1.91. The van der Waals surface area contributed by atoms with Gasteiger partial charge in [0.05, 0.1) is 6.04 Å². The molecule has 0 saturated carbocycles. The Kier molecular flexibility index (Phi) is 5.45. The maximum absolute atomic E-state index is 11.6. The van der Waals surface area contributed by atoms with Crippen LogP contribution in [0.2, 0.25) is 0 Å². The zero-order valence-corrected chi connectivity index (χ0v) is 11.0. The lowest BCUT2D eigenvalue weighted by atomic mass is 9.87. The molecule has 0 aromatic rings. The van der Waals surface area contributed by atoms with Crippen LogP contribution in [0.25, 0.3) is 0 Å². The number of carbonyl (C=O) groups is 1. The Labute approximate surface area is 94.4 Å². The lowest BCUT2D eigenvalue weighted by Crippen LogP contribution is -2.51. The third kappa shape index (κ3) is 5.89. The molecule has 0 rings (SSSR count). The molecular formula is C10H22N2O2S. The molecule has 3 N–H and O–H groups in total. The lowest BCUT2D eigenvalue weighted by molar-refractivity contribution is -0.124. The Hall–Kier alpha value is -0.420. The first-order chi connectivity index (χ1) is 6.64. The maximum atomic E-state index is 11.6. The van der Waals surface area contributed by atoms with E-state index in [-0.39, 0.29) is 17.4 Å². The summed E-state index contributed by atoms with van der Waals surface area (Å²) in [6, 6.07) is -0.637. The van der Waals surface area contributed by atoms with Crippen molar-refractivity contribution in [3.05, 3.63) is 0 Å². The molecule has 5 heteroatoms. The molecule has 0 saturated heterocycles. The van der Waals surface area contributed by atoms with E-state index < -0.39 is 16.8 Å². The predicted molar refractivity (Wildman–Crippen MR) is 64.0 cm³/mol. The molecule has 3 unspecified atom stereocenters. The van der Waals surface area contributed by atoms with Crippen molar-refractivity contribution < 1.29 is 9.00 Å². The summed E-state index contributed by atoms with van der Waals surface area (Å²) < 4.78 is 10.9. The molecule has 3 atom stereocenters. The summed E-state index contributed by atoms with van der Waals surface area (Å²) in [5.74, 6) is 0.281. The van der Waals surface area contributed by atoms with Crippen LogP contribution in [0.3, 0.4) is 0 Å². The van der Waals surface area contributed by atoms with Gasteiger partial charge in [0.25, 0.3) is 0 Å². The standard InChI is InChI=1S/C10H22N2O2S/c1-7(6-15(5)14)12-9(13)8(11)10(2,3)4/h7-8H,6,11H2,1-5H3,(H,12,13). The quantitative estimate of drug-likeness (QED) is 0.732. The van der Waals surface area contributed by atoms with Crippen molar-refractivity contribution in [1.82, 2.24) is 5.32 Å². The summed E-state index contributed by atoms with van der Waals surface area (Å²) in [6.45, 7) is 7.58. The SMILES string of the molecule is CC(CS(C)=O)NC(=O)C(N)C(C)(C)C. The zero-order chi connectivity index (χ0) is 12.2. The largest absolute Gasteiger partial charge is 0.351 e. The van der Waals surface area contributed by atoms with Crippen LogP contribution < -0.4 is 11.1 Å². The number of rotatable bonds is 4. The first-order valence-corrected chi connectivity index (χ1v) is 6.73. The molecule has 0 heterocycles. The third-order valence-corrected chi connectivity index (χ3v) is 3.06. The second-order valence-corrected chi connectivity index (χ2v) is 6.47. The molecule has 0 fully saturated rings. The van der Waals surface area contributed by atoms with Gasteiger partial charge in [0.1, 0.15) is 0 Å². The number of nitrogens with one attached hydrogen (secondary N) is 1. The van der Waals surface area contributed by atoms with E-state index in [9.17, 15) is 9.00 Å². The summed E-state index contributed by atoms with van der Waals surface area (Å²) >= 11 is 0. The molecule has 4 nitrogen and oxygen atoms in total. The molecule has 0 aromatic carbocycles. The van der Waals surface area contributed by atoms with E-state index in [0.717, 1.165) is 0 Å². The Balaban J connectivity index is 4.19. The zero-order valence-electron chi connectivity index (χ0n) is 10.2. The van der Waals surface area contributed by atoms with Crippen LogP contribution in [-0.4, -0.2) is 34.2 Å². The number of nitrogens with two attached hydrogens (primary N) is 1. The molecule has 90 valence electrons. The highest BCUT2D eigenvalue weighted by molar-refractivity contribution is 7.84. The van der Waals surface area contributed by atoms with E-state index in [1.54, 1.807) is 6.26 Å². The molecular weight excluding hydrogens is 212 g/mol. The Morgan fingerprint density at radius 3 is 2.27 bits per heavy atom. The predicted octanol–water partition coefficient (Wildman–Crippen LogP) is 0.243. The van der Waals surface area contributed by atoms with E-state index in [0.29, 0.717) is 5.75 Å². The normalized spacial score (nSPS) is 18.0. The number of carbonyl (C=O) groups excluding carboxylic acids is 1. The molecule has 0 aliphatic carbocycles. The average molecular weight is 234 g/mol. The Morgan fingerprint density at radius 2 is 1.93 bits per heavy atom. The highest BCUT2D eigenvalue weighted by Crippen LogP contribution is 2.17. The first kappa shape index (κ1) is 14.6. The van der Waals surface area contributed by atoms with Crippen molar-refractivity contribution >= 4 is 16.7 Å². The minimum Gasteiger partial charge on any atom is -0.351 e. The van der Waals surface area contributed by atoms with Crippen LogP contribution in [0.15, 0.2) is 0 Å². The van der Waals surface area contributed by atoms with Crippen LogP contribution >= 0.6 is 0 Å². The van der Waals surface area contributed by atoms with Crippen LogP contribution in [-0.2, 0) is 15.6 Å². The van der Waals surface area contributed by atoms with Crippen molar-refractivity contribution in [3.8, 4) is 0 Å². The summed E-state index contributed by atoms with van der Waals surface area (Å²) in [7, 11) is -0.902. The van der Waals surface area contributed by atoms with Gasteiger partial charge in [-0.05, 0) is 12.3 Å². The molecule has 0 spiro atoms. The minimum atomic E-state index is -0.902.